The summed E-state index contributed by atoms with van der Waals surface area (Å²) in [4.78, 5) is 0. The Morgan fingerprint density at radius 2 is 1.30 bits per heavy atom. The van der Waals surface area contributed by atoms with Crippen molar-refractivity contribution >= 4 is 0 Å². The Morgan fingerprint density at radius 1 is 0.800 bits per heavy atom. The molecule has 0 aromatic carbocycles. The van der Waals surface area contributed by atoms with E-state index >= 15 is 0 Å². The monoisotopic (exact) mass is 142 g/mol. The van der Waals surface area contributed by atoms with Gasteiger partial charge in [-0.15, -0.1) is 0 Å². The molecule has 0 unspecified atom stereocenters. The van der Waals surface area contributed by atoms with Crippen molar-refractivity contribution in [2.45, 2.75) is 37.9 Å². The van der Waals surface area contributed by atoms with E-state index in [0.717, 1.165) is 13.2 Å². The summed E-state index contributed by atoms with van der Waals surface area (Å²) in [7, 11) is 0. The van der Waals surface area contributed by atoms with Crippen molar-refractivity contribution in [3.63, 3.8) is 0 Å². The molecule has 2 aliphatic rings. The number of ether oxygens (including phenoxy) is 2. The lowest BCUT2D eigenvalue weighted by Crippen LogP contribution is -2.23. The highest BCUT2D eigenvalue weighted by molar-refractivity contribution is 4.78. The summed E-state index contributed by atoms with van der Waals surface area (Å²) in [6.07, 6.45) is 5.75. The minimum atomic E-state index is 0.433. The second-order valence-corrected chi connectivity index (χ2v) is 3.10. The fraction of sp³-hybridized carbons (Fsp3) is 1.00. The van der Waals surface area contributed by atoms with E-state index in [0.29, 0.717) is 12.2 Å². The first-order chi connectivity index (χ1) is 4.97. The van der Waals surface area contributed by atoms with Crippen LogP contribution in [0.4, 0.5) is 0 Å². The third-order valence-electron chi connectivity index (χ3n) is 2.34. The molecular weight excluding hydrogens is 128 g/mol. The second-order valence-electron chi connectivity index (χ2n) is 3.10. The molecule has 2 nitrogen and oxygen atoms in total. The van der Waals surface area contributed by atoms with E-state index in [9.17, 15) is 0 Å². The summed E-state index contributed by atoms with van der Waals surface area (Å²) in [5.74, 6) is 0. The van der Waals surface area contributed by atoms with Gasteiger partial charge in [0.25, 0.3) is 0 Å². The van der Waals surface area contributed by atoms with Crippen LogP contribution in [0.2, 0.25) is 0 Å². The van der Waals surface area contributed by atoms with Crippen LogP contribution in [0.3, 0.4) is 0 Å². The van der Waals surface area contributed by atoms with Gasteiger partial charge in [-0.2, -0.15) is 0 Å². The zero-order valence-corrected chi connectivity index (χ0v) is 6.21. The van der Waals surface area contributed by atoms with Crippen molar-refractivity contribution in [3.05, 3.63) is 0 Å². The third-order valence-corrected chi connectivity index (χ3v) is 2.34. The molecule has 0 aromatic heterocycles. The molecule has 0 aliphatic carbocycles. The summed E-state index contributed by atoms with van der Waals surface area (Å²) >= 11 is 0. The molecule has 2 aliphatic heterocycles. The van der Waals surface area contributed by atoms with Crippen LogP contribution in [0, 0.1) is 0 Å². The Kier molecular flexibility index (Phi) is 1.91. The molecule has 0 radical (unpaired) electrons. The maximum Gasteiger partial charge on any atom is 0.0837 e. The van der Waals surface area contributed by atoms with E-state index in [4.69, 9.17) is 9.47 Å². The Hall–Kier alpha value is -0.0800. The lowest BCUT2D eigenvalue weighted by molar-refractivity contribution is -0.0173. The Bertz CT molecular complexity index is 87.8. The van der Waals surface area contributed by atoms with Gasteiger partial charge >= 0.3 is 0 Å². The number of hydrogen-bond donors (Lipinski definition) is 0. The summed E-state index contributed by atoms with van der Waals surface area (Å²) in [5, 5.41) is 0. The Morgan fingerprint density at radius 3 is 1.60 bits per heavy atom. The molecule has 0 amide bonds. The maximum absolute atomic E-state index is 5.51. The zero-order chi connectivity index (χ0) is 6.81. The van der Waals surface area contributed by atoms with Gasteiger partial charge in [0.05, 0.1) is 12.2 Å². The van der Waals surface area contributed by atoms with Crippen LogP contribution in [0.5, 0.6) is 0 Å². The first kappa shape index (κ1) is 6.62. The summed E-state index contributed by atoms with van der Waals surface area (Å²) < 4.78 is 11.0. The van der Waals surface area contributed by atoms with Crippen LogP contribution < -0.4 is 0 Å². The lowest BCUT2D eigenvalue weighted by Gasteiger charge is -2.15. The molecule has 2 atom stereocenters. The quantitative estimate of drug-likeness (QED) is 0.550. The first-order valence-corrected chi connectivity index (χ1v) is 4.20. The molecule has 2 saturated heterocycles. The van der Waals surface area contributed by atoms with Crippen molar-refractivity contribution in [1.82, 2.24) is 0 Å². The normalized spacial score (nSPS) is 40.8. The average Bonchev–Trinajstić information content (AvgIpc) is 2.59. The number of rotatable bonds is 1. The van der Waals surface area contributed by atoms with E-state index in [1.165, 1.54) is 25.7 Å². The predicted molar refractivity (Wildman–Crippen MR) is 37.9 cm³/mol. The van der Waals surface area contributed by atoms with Gasteiger partial charge in [-0.1, -0.05) is 0 Å². The van der Waals surface area contributed by atoms with Gasteiger partial charge in [0.15, 0.2) is 0 Å². The minimum absolute atomic E-state index is 0.433. The molecule has 0 spiro atoms. The number of hydrogen-bond acceptors (Lipinski definition) is 2. The Balaban J connectivity index is 1.85. The molecule has 2 heterocycles. The Labute approximate surface area is 61.5 Å². The van der Waals surface area contributed by atoms with Crippen molar-refractivity contribution in [2.24, 2.45) is 0 Å². The van der Waals surface area contributed by atoms with Gasteiger partial charge in [0, 0.05) is 13.2 Å². The van der Waals surface area contributed by atoms with Gasteiger partial charge in [-0.05, 0) is 25.7 Å². The molecule has 2 rings (SSSR count). The highest BCUT2D eigenvalue weighted by Crippen LogP contribution is 2.24. The maximum atomic E-state index is 5.51. The molecule has 0 saturated carbocycles. The molecular formula is C8H14O2. The van der Waals surface area contributed by atoms with Crippen LogP contribution in [-0.4, -0.2) is 25.4 Å². The highest BCUT2D eigenvalue weighted by Gasteiger charge is 2.28. The molecule has 2 fully saturated rings. The van der Waals surface area contributed by atoms with Crippen molar-refractivity contribution in [1.29, 1.82) is 0 Å². The molecule has 2 heteroatoms. The van der Waals surface area contributed by atoms with Gasteiger partial charge in [0.1, 0.15) is 0 Å². The van der Waals surface area contributed by atoms with Crippen molar-refractivity contribution in [3.8, 4) is 0 Å². The van der Waals surface area contributed by atoms with E-state index in [2.05, 4.69) is 0 Å². The van der Waals surface area contributed by atoms with Gasteiger partial charge in [-0.25, -0.2) is 0 Å². The molecule has 58 valence electrons. The third kappa shape index (κ3) is 1.18. The van der Waals surface area contributed by atoms with Crippen LogP contribution >= 0.6 is 0 Å². The van der Waals surface area contributed by atoms with Crippen LogP contribution in [0.1, 0.15) is 25.7 Å². The second kappa shape index (κ2) is 2.89. The topological polar surface area (TPSA) is 18.5 Å². The van der Waals surface area contributed by atoms with Crippen LogP contribution in [0.15, 0.2) is 0 Å². The fourth-order valence-corrected chi connectivity index (χ4v) is 1.79. The lowest BCUT2D eigenvalue weighted by atomic mass is 10.1. The predicted octanol–water partition coefficient (Wildman–Crippen LogP) is 1.34. The van der Waals surface area contributed by atoms with Crippen LogP contribution in [-0.2, 0) is 9.47 Å². The highest BCUT2D eigenvalue weighted by atomic mass is 16.5. The SMILES string of the molecule is C1CO[C@@H]([C@H]2CCCO2)C1. The smallest absolute Gasteiger partial charge is 0.0837 e. The molecule has 10 heavy (non-hydrogen) atoms. The van der Waals surface area contributed by atoms with Crippen LogP contribution in [0.25, 0.3) is 0 Å². The zero-order valence-electron chi connectivity index (χ0n) is 6.21. The van der Waals surface area contributed by atoms with Crippen molar-refractivity contribution < 1.29 is 9.47 Å². The van der Waals surface area contributed by atoms with Gasteiger partial charge < -0.3 is 9.47 Å². The minimum Gasteiger partial charge on any atom is -0.376 e. The van der Waals surface area contributed by atoms with Gasteiger partial charge in [-0.3, -0.25) is 0 Å². The van der Waals surface area contributed by atoms with E-state index in [-0.39, 0.29) is 0 Å². The van der Waals surface area contributed by atoms with E-state index in [1.807, 2.05) is 0 Å². The van der Waals surface area contributed by atoms with Gasteiger partial charge in [0.2, 0.25) is 0 Å². The fourth-order valence-electron chi connectivity index (χ4n) is 1.79. The standard InChI is InChI=1S/C8H14O2/c1-3-7(9-5-1)8-4-2-6-10-8/h7-8H,1-6H2/t7-,8-/m1/s1. The first-order valence-electron chi connectivity index (χ1n) is 4.20. The van der Waals surface area contributed by atoms with Crippen molar-refractivity contribution in [2.75, 3.05) is 13.2 Å². The average molecular weight is 142 g/mol. The molecule has 0 N–H and O–H groups in total. The summed E-state index contributed by atoms with van der Waals surface area (Å²) in [6, 6.07) is 0. The largest absolute Gasteiger partial charge is 0.376 e. The van der Waals surface area contributed by atoms with E-state index < -0.39 is 0 Å². The summed E-state index contributed by atoms with van der Waals surface area (Å²) in [6.45, 7) is 1.90. The molecule has 0 aromatic rings. The van der Waals surface area contributed by atoms with E-state index in [1.54, 1.807) is 0 Å². The summed E-state index contributed by atoms with van der Waals surface area (Å²) in [5.41, 5.74) is 0. The molecule has 0 bridgehead atoms.